The first kappa shape index (κ1) is 11.9. The van der Waals surface area contributed by atoms with Crippen LogP contribution < -0.4 is 0 Å². The van der Waals surface area contributed by atoms with Gasteiger partial charge in [0, 0.05) is 54.6 Å². The summed E-state index contributed by atoms with van der Waals surface area (Å²) < 4.78 is 2.22. The van der Waals surface area contributed by atoms with Crippen molar-refractivity contribution >= 4 is 28.8 Å². The Hall–Kier alpha value is -0.620. The summed E-state index contributed by atoms with van der Waals surface area (Å²) in [5.74, 6) is 0.157. The summed E-state index contributed by atoms with van der Waals surface area (Å²) >= 11 is 2.30. The first-order valence-electron chi connectivity index (χ1n) is 5.43. The summed E-state index contributed by atoms with van der Waals surface area (Å²) in [6, 6.07) is 7.80. The number of halogens is 1. The molecule has 1 amide bonds. The van der Waals surface area contributed by atoms with Crippen LogP contribution in [0, 0.1) is 6.92 Å². The number of benzene rings is 1. The lowest BCUT2D eigenvalue weighted by Gasteiger charge is -2.31. The van der Waals surface area contributed by atoms with Gasteiger partial charge in [-0.2, -0.15) is 0 Å². The van der Waals surface area contributed by atoms with Gasteiger partial charge in [-0.15, -0.1) is 0 Å². The van der Waals surface area contributed by atoms with Crippen LogP contribution in [0.15, 0.2) is 24.3 Å². The van der Waals surface area contributed by atoms with E-state index in [1.165, 1.54) is 5.56 Å². The number of piperazine rings is 1. The molecule has 1 saturated heterocycles. The van der Waals surface area contributed by atoms with Gasteiger partial charge in [-0.1, -0.05) is 17.7 Å². The Bertz CT molecular complexity index is 369. The van der Waals surface area contributed by atoms with Crippen molar-refractivity contribution in [2.75, 3.05) is 26.2 Å². The molecule has 16 heavy (non-hydrogen) atoms. The molecule has 3 nitrogen and oxygen atoms in total. The minimum Gasteiger partial charge on any atom is -0.336 e. The lowest BCUT2D eigenvalue weighted by atomic mass is 10.1. The van der Waals surface area contributed by atoms with E-state index in [9.17, 15) is 4.79 Å². The topological polar surface area (TPSA) is 23.6 Å². The zero-order valence-corrected chi connectivity index (χ0v) is 11.5. The van der Waals surface area contributed by atoms with Crippen molar-refractivity contribution in [2.24, 2.45) is 0 Å². The summed E-state index contributed by atoms with van der Waals surface area (Å²) in [7, 11) is 0. The van der Waals surface area contributed by atoms with E-state index in [2.05, 4.69) is 26.0 Å². The number of hydrogen-bond acceptors (Lipinski definition) is 2. The molecule has 86 valence electrons. The normalized spacial score (nSPS) is 17.5. The fourth-order valence-corrected chi connectivity index (χ4v) is 2.20. The third-order valence-corrected chi connectivity index (χ3v) is 3.78. The molecule has 0 atom stereocenters. The zero-order chi connectivity index (χ0) is 11.5. The standard InChI is InChI=1S/C12H15IN2O/c1-10-2-4-11(5-3-10)12(16)14-6-8-15(13)9-7-14/h2-5H,6-9H2,1H3. The third-order valence-electron chi connectivity index (χ3n) is 2.81. The summed E-state index contributed by atoms with van der Waals surface area (Å²) in [5.41, 5.74) is 1.99. The van der Waals surface area contributed by atoms with Gasteiger partial charge in [0.1, 0.15) is 0 Å². The molecule has 1 aliphatic heterocycles. The Kier molecular flexibility index (Phi) is 3.81. The molecule has 2 rings (SSSR count). The van der Waals surface area contributed by atoms with E-state index < -0.39 is 0 Å². The number of rotatable bonds is 1. The third kappa shape index (κ3) is 2.74. The molecule has 1 aromatic rings. The smallest absolute Gasteiger partial charge is 0.253 e. The molecule has 1 aliphatic rings. The van der Waals surface area contributed by atoms with Gasteiger partial charge < -0.3 is 4.90 Å². The molecular weight excluding hydrogens is 315 g/mol. The molecule has 0 radical (unpaired) electrons. The molecule has 0 bridgehead atoms. The van der Waals surface area contributed by atoms with Gasteiger partial charge in [0.2, 0.25) is 0 Å². The predicted octanol–water partition coefficient (Wildman–Crippen LogP) is 2.10. The second-order valence-corrected chi connectivity index (χ2v) is 5.43. The molecule has 1 heterocycles. The number of amides is 1. The second-order valence-electron chi connectivity index (χ2n) is 4.07. The summed E-state index contributed by atoms with van der Waals surface area (Å²) in [6.45, 7) is 5.60. The summed E-state index contributed by atoms with van der Waals surface area (Å²) in [4.78, 5) is 14.1. The molecule has 0 unspecified atom stereocenters. The van der Waals surface area contributed by atoms with E-state index in [1.807, 2.05) is 36.1 Å². The molecule has 0 aliphatic carbocycles. The van der Waals surface area contributed by atoms with Gasteiger partial charge in [-0.05, 0) is 19.1 Å². The zero-order valence-electron chi connectivity index (χ0n) is 9.32. The monoisotopic (exact) mass is 330 g/mol. The predicted molar refractivity (Wildman–Crippen MR) is 72.7 cm³/mol. The SMILES string of the molecule is Cc1ccc(C(=O)N2CCN(I)CC2)cc1. The van der Waals surface area contributed by atoms with Crippen molar-refractivity contribution in [3.05, 3.63) is 35.4 Å². The van der Waals surface area contributed by atoms with Crippen LogP contribution in [0.25, 0.3) is 0 Å². The molecular formula is C12H15IN2O. The van der Waals surface area contributed by atoms with Crippen LogP contribution in [0.5, 0.6) is 0 Å². The van der Waals surface area contributed by atoms with E-state index >= 15 is 0 Å². The highest BCUT2D eigenvalue weighted by molar-refractivity contribution is 14.1. The average molecular weight is 330 g/mol. The average Bonchev–Trinajstić information content (AvgIpc) is 2.30. The van der Waals surface area contributed by atoms with Gasteiger partial charge in [0.25, 0.3) is 5.91 Å². The highest BCUT2D eigenvalue weighted by Gasteiger charge is 2.20. The number of aryl methyl sites for hydroxylation is 1. The van der Waals surface area contributed by atoms with E-state index in [4.69, 9.17) is 0 Å². The van der Waals surface area contributed by atoms with Crippen LogP contribution >= 0.6 is 22.9 Å². The molecule has 0 spiro atoms. The summed E-state index contributed by atoms with van der Waals surface area (Å²) in [5, 5.41) is 0. The molecule has 1 fully saturated rings. The Morgan fingerprint density at radius 3 is 2.25 bits per heavy atom. The lowest BCUT2D eigenvalue weighted by molar-refractivity contribution is 0.0711. The van der Waals surface area contributed by atoms with E-state index in [0.29, 0.717) is 0 Å². The van der Waals surface area contributed by atoms with Crippen LogP contribution in [-0.4, -0.2) is 40.1 Å². The van der Waals surface area contributed by atoms with E-state index in [1.54, 1.807) is 0 Å². The number of carbonyl (C=O) groups is 1. The van der Waals surface area contributed by atoms with Gasteiger partial charge in [0.05, 0.1) is 0 Å². The molecule has 1 aromatic carbocycles. The van der Waals surface area contributed by atoms with E-state index in [0.717, 1.165) is 31.7 Å². The maximum atomic E-state index is 12.1. The minimum absolute atomic E-state index is 0.157. The first-order chi connectivity index (χ1) is 7.66. The van der Waals surface area contributed by atoms with Crippen LogP contribution in [0.4, 0.5) is 0 Å². The fraction of sp³-hybridized carbons (Fsp3) is 0.417. The Morgan fingerprint density at radius 1 is 1.12 bits per heavy atom. The Balaban J connectivity index is 2.05. The summed E-state index contributed by atoms with van der Waals surface area (Å²) in [6.07, 6.45) is 0. The highest BCUT2D eigenvalue weighted by Crippen LogP contribution is 2.11. The van der Waals surface area contributed by atoms with Gasteiger partial charge in [0.15, 0.2) is 0 Å². The van der Waals surface area contributed by atoms with Crippen LogP contribution in [0.2, 0.25) is 0 Å². The Labute approximate surface area is 110 Å². The van der Waals surface area contributed by atoms with Crippen LogP contribution in [0.3, 0.4) is 0 Å². The van der Waals surface area contributed by atoms with Crippen molar-refractivity contribution in [1.29, 1.82) is 0 Å². The largest absolute Gasteiger partial charge is 0.336 e. The van der Waals surface area contributed by atoms with Crippen molar-refractivity contribution in [2.45, 2.75) is 6.92 Å². The fourth-order valence-electron chi connectivity index (χ4n) is 1.76. The van der Waals surface area contributed by atoms with Crippen molar-refractivity contribution in [3.63, 3.8) is 0 Å². The van der Waals surface area contributed by atoms with E-state index in [-0.39, 0.29) is 5.91 Å². The second kappa shape index (κ2) is 5.14. The highest BCUT2D eigenvalue weighted by atomic mass is 127. The van der Waals surface area contributed by atoms with Gasteiger partial charge in [-0.3, -0.25) is 4.79 Å². The number of nitrogens with zero attached hydrogens (tertiary/aromatic N) is 2. The van der Waals surface area contributed by atoms with Crippen molar-refractivity contribution in [1.82, 2.24) is 8.01 Å². The first-order valence-corrected chi connectivity index (χ1v) is 6.40. The molecule has 0 aromatic heterocycles. The Morgan fingerprint density at radius 2 is 1.69 bits per heavy atom. The minimum atomic E-state index is 0.157. The van der Waals surface area contributed by atoms with Gasteiger partial charge >= 0.3 is 0 Å². The van der Waals surface area contributed by atoms with Crippen molar-refractivity contribution in [3.8, 4) is 0 Å². The number of carbonyl (C=O) groups excluding carboxylic acids is 1. The van der Waals surface area contributed by atoms with Crippen LogP contribution in [0.1, 0.15) is 15.9 Å². The maximum Gasteiger partial charge on any atom is 0.253 e. The van der Waals surface area contributed by atoms with Crippen molar-refractivity contribution < 1.29 is 4.79 Å². The van der Waals surface area contributed by atoms with Gasteiger partial charge in [-0.25, -0.2) is 3.11 Å². The van der Waals surface area contributed by atoms with Crippen LogP contribution in [-0.2, 0) is 0 Å². The maximum absolute atomic E-state index is 12.1. The molecule has 0 N–H and O–H groups in total. The number of hydrogen-bond donors (Lipinski definition) is 0. The molecule has 0 saturated carbocycles. The lowest BCUT2D eigenvalue weighted by Crippen LogP contribution is -2.45. The molecule has 4 heteroatoms. The quantitative estimate of drug-likeness (QED) is 0.582.